The van der Waals surface area contributed by atoms with Gasteiger partial charge in [0.2, 0.25) is 0 Å². The van der Waals surface area contributed by atoms with Crippen LogP contribution >= 0.6 is 0 Å². The van der Waals surface area contributed by atoms with Crippen molar-refractivity contribution < 1.29 is 9.84 Å². The summed E-state index contributed by atoms with van der Waals surface area (Å²) < 4.78 is 5.22. The van der Waals surface area contributed by atoms with Crippen LogP contribution in [0, 0.1) is 5.92 Å². The molecule has 2 rings (SSSR count). The highest BCUT2D eigenvalue weighted by Crippen LogP contribution is 2.35. The summed E-state index contributed by atoms with van der Waals surface area (Å²) in [5.74, 6) is 0.361. The van der Waals surface area contributed by atoms with E-state index in [1.54, 1.807) is 0 Å². The molecule has 1 saturated heterocycles. The van der Waals surface area contributed by atoms with Crippen molar-refractivity contribution in [3.05, 3.63) is 0 Å². The second-order valence-electron chi connectivity index (χ2n) is 2.73. The lowest BCUT2D eigenvalue weighted by Crippen LogP contribution is -2.20. The average molecular weight is 113 g/mol. The van der Waals surface area contributed by atoms with E-state index < -0.39 is 0 Å². The van der Waals surface area contributed by atoms with Gasteiger partial charge in [-0.3, -0.25) is 0 Å². The first kappa shape index (κ1) is 4.77. The van der Waals surface area contributed by atoms with Crippen molar-refractivity contribution in [2.75, 3.05) is 6.61 Å². The third-order valence-electron chi connectivity index (χ3n) is 2.13. The molecule has 1 radical (unpaired) electrons. The molecular weight excluding hydrogens is 104 g/mol. The van der Waals surface area contributed by atoms with Gasteiger partial charge in [-0.2, -0.15) is 0 Å². The Balaban J connectivity index is 2.11. The van der Waals surface area contributed by atoms with E-state index in [1.807, 2.05) is 0 Å². The maximum Gasteiger partial charge on any atom is 0.101 e. The van der Waals surface area contributed by atoms with E-state index in [0.717, 1.165) is 19.4 Å². The normalized spacial score (nSPS) is 52.9. The second-order valence-corrected chi connectivity index (χ2v) is 2.73. The fourth-order valence-electron chi connectivity index (χ4n) is 1.61. The van der Waals surface area contributed by atoms with E-state index in [-0.39, 0.29) is 6.10 Å². The van der Waals surface area contributed by atoms with Crippen LogP contribution in [-0.4, -0.2) is 18.8 Å². The first-order chi connectivity index (χ1) is 3.86. The molecule has 0 spiro atoms. The summed E-state index contributed by atoms with van der Waals surface area (Å²) in [6.07, 6.45) is 1.84. The van der Waals surface area contributed by atoms with E-state index >= 15 is 0 Å². The van der Waals surface area contributed by atoms with Crippen molar-refractivity contribution in [3.63, 3.8) is 0 Å². The first-order valence-corrected chi connectivity index (χ1v) is 3.13. The summed E-state index contributed by atoms with van der Waals surface area (Å²) in [5.41, 5.74) is 0. The third kappa shape index (κ3) is 0.501. The Bertz CT molecular complexity index is 101. The molecule has 2 nitrogen and oxygen atoms in total. The maximum atomic E-state index is 10.8. The van der Waals surface area contributed by atoms with Gasteiger partial charge in [0.1, 0.15) is 6.10 Å². The molecule has 1 aliphatic heterocycles. The Morgan fingerprint density at radius 3 is 2.50 bits per heavy atom. The van der Waals surface area contributed by atoms with Crippen LogP contribution in [0.15, 0.2) is 0 Å². The lowest BCUT2D eigenvalue weighted by molar-refractivity contribution is -0.0274. The van der Waals surface area contributed by atoms with Crippen LogP contribution < -0.4 is 0 Å². The monoisotopic (exact) mass is 113 g/mol. The number of fused-ring (bicyclic) bond motifs is 2. The fourth-order valence-corrected chi connectivity index (χ4v) is 1.61. The summed E-state index contributed by atoms with van der Waals surface area (Å²) in [6, 6.07) is 0. The van der Waals surface area contributed by atoms with E-state index in [0.29, 0.717) is 12.0 Å². The second kappa shape index (κ2) is 1.45. The van der Waals surface area contributed by atoms with Gasteiger partial charge in [0.15, 0.2) is 0 Å². The number of ether oxygens (including phenoxy) is 1. The molecule has 2 heteroatoms. The quantitative estimate of drug-likeness (QED) is 0.452. The van der Waals surface area contributed by atoms with Gasteiger partial charge < -0.3 is 4.74 Å². The summed E-state index contributed by atoms with van der Waals surface area (Å²) in [4.78, 5) is 0. The Kier molecular flexibility index (Phi) is 0.866. The minimum absolute atomic E-state index is 0.297. The molecule has 3 atom stereocenters. The van der Waals surface area contributed by atoms with Crippen LogP contribution in [0.1, 0.15) is 12.8 Å². The molecule has 2 fully saturated rings. The highest BCUT2D eigenvalue weighted by Gasteiger charge is 2.40. The Morgan fingerprint density at radius 2 is 2.25 bits per heavy atom. The van der Waals surface area contributed by atoms with Crippen molar-refractivity contribution in [1.29, 1.82) is 0 Å². The lowest BCUT2D eigenvalue weighted by Gasteiger charge is -2.13. The van der Waals surface area contributed by atoms with E-state index in [2.05, 4.69) is 0 Å². The van der Waals surface area contributed by atoms with Crippen molar-refractivity contribution in [2.24, 2.45) is 5.92 Å². The van der Waals surface area contributed by atoms with Crippen LogP contribution in [0.3, 0.4) is 0 Å². The molecule has 0 aromatic carbocycles. The molecule has 0 aromatic heterocycles. The highest BCUT2D eigenvalue weighted by atomic mass is 16.5. The molecule has 1 heterocycles. The van der Waals surface area contributed by atoms with Crippen LogP contribution in [0.4, 0.5) is 0 Å². The zero-order chi connectivity index (χ0) is 5.56. The van der Waals surface area contributed by atoms with Crippen molar-refractivity contribution in [3.8, 4) is 0 Å². The minimum Gasteiger partial charge on any atom is -0.378 e. The van der Waals surface area contributed by atoms with E-state index in [9.17, 15) is 5.11 Å². The summed E-state index contributed by atoms with van der Waals surface area (Å²) >= 11 is 0. The average Bonchev–Trinajstić information content (AvgIpc) is 2.23. The van der Waals surface area contributed by atoms with Crippen molar-refractivity contribution >= 4 is 0 Å². The van der Waals surface area contributed by atoms with Gasteiger partial charge in [0, 0.05) is 12.3 Å². The van der Waals surface area contributed by atoms with Crippen LogP contribution in [0.2, 0.25) is 0 Å². The van der Waals surface area contributed by atoms with Gasteiger partial charge in [-0.25, -0.2) is 5.11 Å². The SMILES string of the molecule is [O]C1CC2CC1CO2. The van der Waals surface area contributed by atoms with Crippen molar-refractivity contribution in [1.82, 2.24) is 0 Å². The predicted octanol–water partition coefficient (Wildman–Crippen LogP) is 0.594. The molecule has 1 aliphatic carbocycles. The Morgan fingerprint density at radius 1 is 1.38 bits per heavy atom. The molecule has 3 unspecified atom stereocenters. The fraction of sp³-hybridized carbons (Fsp3) is 1.00. The maximum absolute atomic E-state index is 10.8. The van der Waals surface area contributed by atoms with Gasteiger partial charge >= 0.3 is 0 Å². The number of hydrogen-bond acceptors (Lipinski definition) is 1. The number of hydrogen-bond donors (Lipinski definition) is 0. The topological polar surface area (TPSA) is 29.1 Å². The third-order valence-corrected chi connectivity index (χ3v) is 2.13. The molecule has 0 aromatic rings. The first-order valence-electron chi connectivity index (χ1n) is 3.13. The van der Waals surface area contributed by atoms with Gasteiger partial charge in [-0.05, 0) is 6.42 Å². The molecule has 2 bridgehead atoms. The molecule has 1 saturated carbocycles. The van der Waals surface area contributed by atoms with Crippen LogP contribution in [-0.2, 0) is 9.84 Å². The van der Waals surface area contributed by atoms with E-state index in [4.69, 9.17) is 4.74 Å². The summed E-state index contributed by atoms with van der Waals surface area (Å²) in [7, 11) is 0. The van der Waals surface area contributed by atoms with Crippen molar-refractivity contribution in [2.45, 2.75) is 25.0 Å². The molecule has 45 valence electrons. The molecule has 0 amide bonds. The largest absolute Gasteiger partial charge is 0.378 e. The molecular formula is C6H9O2. The molecule has 2 aliphatic rings. The molecule has 8 heavy (non-hydrogen) atoms. The summed E-state index contributed by atoms with van der Waals surface area (Å²) in [5, 5.41) is 10.8. The Labute approximate surface area is 48.5 Å². The van der Waals surface area contributed by atoms with Gasteiger partial charge in [0.05, 0.1) is 12.7 Å². The lowest BCUT2D eigenvalue weighted by atomic mass is 10.1. The standard InChI is InChI=1S/C6H9O2/c7-6-2-5-1-4(6)3-8-5/h4-6H,1-3H2. The van der Waals surface area contributed by atoms with Gasteiger partial charge in [-0.15, -0.1) is 0 Å². The van der Waals surface area contributed by atoms with Crippen LogP contribution in [0.5, 0.6) is 0 Å². The zero-order valence-corrected chi connectivity index (χ0v) is 4.67. The van der Waals surface area contributed by atoms with E-state index in [1.165, 1.54) is 0 Å². The summed E-state index contributed by atoms with van der Waals surface area (Å²) in [6.45, 7) is 0.735. The zero-order valence-electron chi connectivity index (χ0n) is 4.67. The number of rotatable bonds is 0. The minimum atomic E-state index is -0.297. The smallest absolute Gasteiger partial charge is 0.101 e. The van der Waals surface area contributed by atoms with Gasteiger partial charge in [-0.1, -0.05) is 0 Å². The van der Waals surface area contributed by atoms with Gasteiger partial charge in [0.25, 0.3) is 0 Å². The Hall–Kier alpha value is -0.0800. The molecule has 0 N–H and O–H groups in total. The highest BCUT2D eigenvalue weighted by molar-refractivity contribution is 4.88. The predicted molar refractivity (Wildman–Crippen MR) is 26.9 cm³/mol. The van der Waals surface area contributed by atoms with Crippen LogP contribution in [0.25, 0.3) is 0 Å².